The zero-order valence-electron chi connectivity index (χ0n) is 17.7. The van der Waals surface area contributed by atoms with Crippen molar-refractivity contribution in [1.29, 1.82) is 5.26 Å². The predicted molar refractivity (Wildman–Crippen MR) is 114 cm³/mol. The lowest BCUT2D eigenvalue weighted by Gasteiger charge is -2.32. The third-order valence-corrected chi connectivity index (χ3v) is 6.63. The Morgan fingerprint density at radius 1 is 1.19 bits per heavy atom. The van der Waals surface area contributed by atoms with E-state index in [1.54, 1.807) is 12.4 Å². The molecule has 3 aromatic heterocycles. The van der Waals surface area contributed by atoms with Crippen LogP contribution in [0.25, 0.3) is 11.0 Å². The number of hydroxylamine groups is 2. The molecule has 0 N–H and O–H groups in total. The summed E-state index contributed by atoms with van der Waals surface area (Å²) < 4.78 is 15.8. The molecule has 1 saturated heterocycles. The van der Waals surface area contributed by atoms with E-state index in [4.69, 9.17) is 10.1 Å². The summed E-state index contributed by atoms with van der Waals surface area (Å²) in [6.45, 7) is 1.29. The minimum Gasteiger partial charge on any atom is -0.346 e. The number of halogens is 1. The van der Waals surface area contributed by atoms with Gasteiger partial charge in [-0.25, -0.2) is 9.45 Å². The van der Waals surface area contributed by atoms with Crippen molar-refractivity contribution in [3.8, 4) is 6.07 Å². The van der Waals surface area contributed by atoms with E-state index in [1.165, 1.54) is 11.1 Å². The molecule has 0 bridgehead atoms. The number of hydrogen-bond donors (Lipinski definition) is 0. The molecule has 1 saturated carbocycles. The number of pyridine rings is 2. The number of rotatable bonds is 4. The summed E-state index contributed by atoms with van der Waals surface area (Å²) >= 11 is 0. The molecule has 7 nitrogen and oxygen atoms in total. The number of amides is 1. The van der Waals surface area contributed by atoms with E-state index in [-0.39, 0.29) is 17.9 Å². The maximum Gasteiger partial charge on any atom is 0.249 e. The Balaban J connectivity index is 1.22. The molecule has 1 aliphatic carbocycles. The molecular formula is C24H24FN5O2. The van der Waals surface area contributed by atoms with Crippen LogP contribution >= 0.6 is 0 Å². The second kappa shape index (κ2) is 8.67. The van der Waals surface area contributed by atoms with Gasteiger partial charge in [-0.3, -0.25) is 19.6 Å². The predicted octanol–water partition coefficient (Wildman–Crippen LogP) is 4.15. The van der Waals surface area contributed by atoms with Gasteiger partial charge in [-0.15, -0.1) is 0 Å². The van der Waals surface area contributed by atoms with Crippen molar-refractivity contribution < 1.29 is 14.0 Å². The second-order valence-electron chi connectivity index (χ2n) is 8.66. The molecule has 4 heterocycles. The summed E-state index contributed by atoms with van der Waals surface area (Å²) in [5.74, 6) is -0.0360. The summed E-state index contributed by atoms with van der Waals surface area (Å²) in [4.78, 5) is 27.1. The molecule has 5 rings (SSSR count). The van der Waals surface area contributed by atoms with Gasteiger partial charge < -0.3 is 4.57 Å². The average Bonchev–Trinajstić information content (AvgIpc) is 3.46. The molecule has 1 aliphatic heterocycles. The number of nitrogens with zero attached hydrogens (tertiary/aromatic N) is 5. The molecule has 3 aromatic rings. The number of aromatic nitrogens is 3. The third kappa shape index (κ3) is 3.96. The molecule has 2 aliphatic rings. The summed E-state index contributed by atoms with van der Waals surface area (Å²) in [5.41, 5.74) is 3.09. The van der Waals surface area contributed by atoms with E-state index in [9.17, 15) is 9.18 Å². The van der Waals surface area contributed by atoms with Crippen molar-refractivity contribution in [2.75, 3.05) is 6.61 Å². The van der Waals surface area contributed by atoms with Gasteiger partial charge in [-0.2, -0.15) is 5.26 Å². The highest BCUT2D eigenvalue weighted by Crippen LogP contribution is 2.36. The van der Waals surface area contributed by atoms with Gasteiger partial charge in [-0.05, 0) is 55.4 Å². The Hall–Kier alpha value is -3.31. The maximum atomic E-state index is 13.6. The summed E-state index contributed by atoms with van der Waals surface area (Å²) in [5, 5.41) is 10.6. The van der Waals surface area contributed by atoms with Crippen molar-refractivity contribution in [2.24, 2.45) is 11.8 Å². The van der Waals surface area contributed by atoms with Crippen LogP contribution in [0.2, 0.25) is 0 Å². The van der Waals surface area contributed by atoms with Crippen molar-refractivity contribution in [1.82, 2.24) is 19.6 Å². The molecule has 32 heavy (non-hydrogen) atoms. The van der Waals surface area contributed by atoms with Gasteiger partial charge in [0.15, 0.2) is 0 Å². The second-order valence-corrected chi connectivity index (χ2v) is 8.66. The Labute approximate surface area is 185 Å². The van der Waals surface area contributed by atoms with Crippen LogP contribution in [0.15, 0.2) is 43.0 Å². The first kappa shape index (κ1) is 20.6. The summed E-state index contributed by atoms with van der Waals surface area (Å²) in [6.07, 6.45) is 10.5. The fourth-order valence-electron chi connectivity index (χ4n) is 4.93. The van der Waals surface area contributed by atoms with Crippen LogP contribution in [0.3, 0.4) is 0 Å². The largest absolute Gasteiger partial charge is 0.346 e. The molecule has 0 radical (unpaired) electrons. The van der Waals surface area contributed by atoms with Crippen LogP contribution in [-0.4, -0.2) is 32.1 Å². The quantitative estimate of drug-likeness (QED) is 0.617. The molecule has 2 fully saturated rings. The first-order valence-electron chi connectivity index (χ1n) is 11.0. The number of carbonyl (C=O) groups is 1. The molecular weight excluding hydrogens is 409 g/mol. The first-order chi connectivity index (χ1) is 15.6. The summed E-state index contributed by atoms with van der Waals surface area (Å²) in [7, 11) is 0. The van der Waals surface area contributed by atoms with Gasteiger partial charge in [0.1, 0.15) is 11.9 Å². The molecule has 164 valence electrons. The van der Waals surface area contributed by atoms with Gasteiger partial charge in [-0.1, -0.05) is 0 Å². The van der Waals surface area contributed by atoms with Crippen molar-refractivity contribution in [3.05, 3.63) is 59.9 Å². The van der Waals surface area contributed by atoms with Gasteiger partial charge in [0.25, 0.3) is 0 Å². The molecule has 1 atom stereocenters. The zero-order valence-corrected chi connectivity index (χ0v) is 17.7. The number of fused-ring (bicyclic) bond motifs is 1. The monoisotopic (exact) mass is 433 g/mol. The standard InChI is InChI=1S/C24H24FN5O2/c25-20-10-19(13-27-14-20)22-6-8-32-30(22)24(31)18-3-1-16(2-4-18)15-29-7-5-21-23(29)9-17(11-26)12-28-21/h5,7,9-10,12-14,16,18,22H,1-4,6,8,15H2/t16?,18?,22-/m0/s1. The Morgan fingerprint density at radius 2 is 2.03 bits per heavy atom. The van der Waals surface area contributed by atoms with Gasteiger partial charge in [0, 0.05) is 37.5 Å². The lowest BCUT2D eigenvalue weighted by molar-refractivity contribution is -0.183. The van der Waals surface area contributed by atoms with Crippen LogP contribution in [0, 0.1) is 29.0 Å². The van der Waals surface area contributed by atoms with Crippen LogP contribution < -0.4 is 0 Å². The van der Waals surface area contributed by atoms with Crippen molar-refractivity contribution in [3.63, 3.8) is 0 Å². The van der Waals surface area contributed by atoms with E-state index in [2.05, 4.69) is 20.6 Å². The van der Waals surface area contributed by atoms with Crippen LogP contribution in [0.1, 0.15) is 49.3 Å². The lowest BCUT2D eigenvalue weighted by atomic mass is 9.81. The van der Waals surface area contributed by atoms with Crippen LogP contribution in [0.5, 0.6) is 0 Å². The topological polar surface area (TPSA) is 84.0 Å². The highest BCUT2D eigenvalue weighted by molar-refractivity contribution is 5.79. The maximum absolute atomic E-state index is 13.6. The minimum absolute atomic E-state index is 0.00973. The van der Waals surface area contributed by atoms with E-state index in [0.29, 0.717) is 30.1 Å². The van der Waals surface area contributed by atoms with Gasteiger partial charge in [0.05, 0.1) is 35.4 Å². The normalized spacial score (nSPS) is 23.4. The van der Waals surface area contributed by atoms with E-state index >= 15 is 0 Å². The molecule has 8 heteroatoms. The lowest BCUT2D eigenvalue weighted by Crippen LogP contribution is -2.37. The smallest absolute Gasteiger partial charge is 0.249 e. The van der Waals surface area contributed by atoms with Crippen molar-refractivity contribution in [2.45, 2.75) is 44.7 Å². The highest BCUT2D eigenvalue weighted by Gasteiger charge is 2.37. The highest BCUT2D eigenvalue weighted by atomic mass is 19.1. The Kier molecular flexibility index (Phi) is 5.58. The number of carbonyl (C=O) groups excluding carboxylic acids is 1. The number of nitriles is 1. The van der Waals surface area contributed by atoms with Gasteiger partial charge in [0.2, 0.25) is 5.91 Å². The van der Waals surface area contributed by atoms with E-state index in [0.717, 1.165) is 49.5 Å². The van der Waals surface area contributed by atoms with Crippen LogP contribution in [0.4, 0.5) is 4.39 Å². The van der Waals surface area contributed by atoms with E-state index < -0.39 is 5.82 Å². The Bertz CT molecular complexity index is 1180. The number of hydrogen-bond acceptors (Lipinski definition) is 5. The van der Waals surface area contributed by atoms with Crippen molar-refractivity contribution >= 4 is 16.9 Å². The molecule has 0 aromatic carbocycles. The van der Waals surface area contributed by atoms with E-state index in [1.807, 2.05) is 18.3 Å². The van der Waals surface area contributed by atoms with Crippen LogP contribution in [-0.2, 0) is 16.2 Å². The molecule has 0 spiro atoms. The molecule has 0 unspecified atom stereocenters. The third-order valence-electron chi connectivity index (χ3n) is 6.63. The minimum atomic E-state index is -0.406. The van der Waals surface area contributed by atoms with Gasteiger partial charge >= 0.3 is 0 Å². The fraction of sp³-hybridized carbons (Fsp3) is 0.417. The zero-order chi connectivity index (χ0) is 22.1. The summed E-state index contributed by atoms with van der Waals surface area (Å²) in [6, 6.07) is 7.14. The first-order valence-corrected chi connectivity index (χ1v) is 11.0. The average molecular weight is 433 g/mol. The molecule has 1 amide bonds. The SMILES string of the molecule is N#Cc1cnc2ccn(CC3CCC(C(=O)N4OCC[C@H]4c4cncc(F)c4)CC3)c2c1. The fourth-order valence-corrected chi connectivity index (χ4v) is 4.93. The Morgan fingerprint density at radius 3 is 2.81 bits per heavy atom.